The number of aryl methyl sites for hydroxylation is 2. The third-order valence-corrected chi connectivity index (χ3v) is 4.20. The first-order valence-electron chi connectivity index (χ1n) is 8.65. The van der Waals surface area contributed by atoms with Crippen LogP contribution in [0.5, 0.6) is 11.5 Å². The number of nitrogens with zero attached hydrogens (tertiary/aromatic N) is 1. The van der Waals surface area contributed by atoms with Crippen LogP contribution in [0.15, 0.2) is 78.9 Å². The van der Waals surface area contributed by atoms with Crippen molar-refractivity contribution in [2.24, 2.45) is 0 Å². The van der Waals surface area contributed by atoms with Crippen molar-refractivity contribution in [3.8, 4) is 11.5 Å². The fourth-order valence-corrected chi connectivity index (χ4v) is 2.96. The summed E-state index contributed by atoms with van der Waals surface area (Å²) in [6.07, 6.45) is 0. The van der Waals surface area contributed by atoms with Crippen LogP contribution >= 0.6 is 0 Å². The molecule has 1 N–H and O–H groups in total. The van der Waals surface area contributed by atoms with E-state index >= 15 is 0 Å². The molecule has 3 nitrogen and oxygen atoms in total. The average Bonchev–Trinajstić information content (AvgIpc) is 2.65. The number of aromatic nitrogens is 1. The lowest BCUT2D eigenvalue weighted by Crippen LogP contribution is -1.95. The normalized spacial score (nSPS) is 10.7. The number of nitrogens with one attached hydrogen (secondary N) is 1. The van der Waals surface area contributed by atoms with Gasteiger partial charge in [-0.15, -0.1) is 0 Å². The van der Waals surface area contributed by atoms with Crippen molar-refractivity contribution >= 4 is 22.3 Å². The molecule has 0 saturated heterocycles. The first-order valence-corrected chi connectivity index (χ1v) is 8.65. The van der Waals surface area contributed by atoms with Crippen molar-refractivity contribution < 1.29 is 4.74 Å². The van der Waals surface area contributed by atoms with Gasteiger partial charge in [0, 0.05) is 22.5 Å². The third-order valence-electron chi connectivity index (χ3n) is 4.20. The number of hydrogen-bond donors (Lipinski definition) is 1. The SMILES string of the molecule is Cc1ccc2nc(C)cc(Nc3ccc(Oc4ccccc4)cc3)c2c1. The Morgan fingerprint density at radius 3 is 2.27 bits per heavy atom. The summed E-state index contributed by atoms with van der Waals surface area (Å²) < 4.78 is 5.85. The lowest BCUT2D eigenvalue weighted by Gasteiger charge is -2.12. The number of benzene rings is 3. The molecule has 4 aromatic rings. The Bertz CT molecular complexity index is 1040. The van der Waals surface area contributed by atoms with Gasteiger partial charge < -0.3 is 10.1 Å². The highest BCUT2D eigenvalue weighted by atomic mass is 16.5. The maximum Gasteiger partial charge on any atom is 0.127 e. The van der Waals surface area contributed by atoms with E-state index in [2.05, 4.69) is 41.5 Å². The molecule has 3 aromatic carbocycles. The van der Waals surface area contributed by atoms with Gasteiger partial charge in [-0.1, -0.05) is 29.8 Å². The van der Waals surface area contributed by atoms with Gasteiger partial charge in [-0.25, -0.2) is 0 Å². The number of anilines is 2. The zero-order chi connectivity index (χ0) is 17.9. The Balaban J connectivity index is 1.60. The van der Waals surface area contributed by atoms with Gasteiger partial charge in [0.05, 0.1) is 5.52 Å². The van der Waals surface area contributed by atoms with Crippen LogP contribution in [0.1, 0.15) is 11.3 Å². The molecule has 26 heavy (non-hydrogen) atoms. The number of para-hydroxylation sites is 1. The molecule has 0 radical (unpaired) electrons. The fraction of sp³-hybridized carbons (Fsp3) is 0.0870. The van der Waals surface area contributed by atoms with Crippen molar-refractivity contribution in [1.82, 2.24) is 4.98 Å². The van der Waals surface area contributed by atoms with E-state index in [4.69, 9.17) is 4.74 Å². The van der Waals surface area contributed by atoms with E-state index in [1.54, 1.807) is 0 Å². The number of fused-ring (bicyclic) bond motifs is 1. The van der Waals surface area contributed by atoms with E-state index in [-0.39, 0.29) is 0 Å². The number of pyridine rings is 1. The Kier molecular flexibility index (Phi) is 4.28. The summed E-state index contributed by atoms with van der Waals surface area (Å²) >= 11 is 0. The second kappa shape index (κ2) is 6.89. The largest absolute Gasteiger partial charge is 0.457 e. The molecule has 0 atom stereocenters. The molecule has 0 unspecified atom stereocenters. The van der Waals surface area contributed by atoms with Gasteiger partial charge in [0.2, 0.25) is 0 Å². The van der Waals surface area contributed by atoms with Crippen LogP contribution < -0.4 is 10.1 Å². The smallest absolute Gasteiger partial charge is 0.127 e. The van der Waals surface area contributed by atoms with Crippen LogP contribution in [-0.4, -0.2) is 4.98 Å². The first-order chi connectivity index (χ1) is 12.7. The van der Waals surface area contributed by atoms with Crippen LogP contribution in [-0.2, 0) is 0 Å². The molecule has 128 valence electrons. The van der Waals surface area contributed by atoms with Crippen molar-refractivity contribution in [3.63, 3.8) is 0 Å². The highest BCUT2D eigenvalue weighted by Gasteiger charge is 2.05. The number of ether oxygens (including phenoxy) is 1. The molecule has 4 rings (SSSR count). The minimum Gasteiger partial charge on any atom is -0.457 e. The van der Waals surface area contributed by atoms with Gasteiger partial charge in [-0.2, -0.15) is 0 Å². The Morgan fingerprint density at radius 2 is 1.50 bits per heavy atom. The minimum atomic E-state index is 0.813. The zero-order valence-corrected chi connectivity index (χ0v) is 14.9. The van der Waals surface area contributed by atoms with Crippen LogP contribution in [0.3, 0.4) is 0 Å². The summed E-state index contributed by atoms with van der Waals surface area (Å²) in [4.78, 5) is 4.62. The van der Waals surface area contributed by atoms with Crippen LogP contribution in [0, 0.1) is 13.8 Å². The highest BCUT2D eigenvalue weighted by Crippen LogP contribution is 2.29. The second-order valence-corrected chi connectivity index (χ2v) is 6.40. The van der Waals surface area contributed by atoms with Gasteiger partial charge in [0.15, 0.2) is 0 Å². The van der Waals surface area contributed by atoms with Crippen molar-refractivity contribution in [2.75, 3.05) is 5.32 Å². The number of rotatable bonds is 4. The van der Waals surface area contributed by atoms with Crippen molar-refractivity contribution in [2.45, 2.75) is 13.8 Å². The first kappa shape index (κ1) is 16.2. The van der Waals surface area contributed by atoms with Crippen molar-refractivity contribution in [1.29, 1.82) is 0 Å². The predicted octanol–water partition coefficient (Wildman–Crippen LogP) is 6.39. The second-order valence-electron chi connectivity index (χ2n) is 6.40. The molecular weight excluding hydrogens is 320 g/mol. The molecule has 0 bridgehead atoms. The van der Waals surface area contributed by atoms with Crippen LogP contribution in [0.2, 0.25) is 0 Å². The summed E-state index contributed by atoms with van der Waals surface area (Å²) in [7, 11) is 0. The zero-order valence-electron chi connectivity index (χ0n) is 14.9. The molecule has 0 aliphatic rings. The summed E-state index contributed by atoms with van der Waals surface area (Å²) in [6.45, 7) is 4.11. The van der Waals surface area contributed by atoms with Crippen LogP contribution in [0.25, 0.3) is 10.9 Å². The van der Waals surface area contributed by atoms with E-state index < -0.39 is 0 Å². The highest BCUT2D eigenvalue weighted by molar-refractivity contribution is 5.93. The molecule has 0 aliphatic carbocycles. The molecule has 0 fully saturated rings. The Hall–Kier alpha value is -3.33. The lowest BCUT2D eigenvalue weighted by molar-refractivity contribution is 0.483. The molecule has 0 amide bonds. The molecular formula is C23H20N2O. The fourth-order valence-electron chi connectivity index (χ4n) is 2.96. The van der Waals surface area contributed by atoms with E-state index in [0.29, 0.717) is 0 Å². The van der Waals surface area contributed by atoms with Gasteiger partial charge in [0.25, 0.3) is 0 Å². The standard InChI is InChI=1S/C23H20N2O/c1-16-8-13-22-21(14-16)23(15-17(2)24-22)25-18-9-11-20(12-10-18)26-19-6-4-3-5-7-19/h3-15H,1-2H3,(H,24,25). The van der Waals surface area contributed by atoms with Gasteiger partial charge in [0.1, 0.15) is 11.5 Å². The van der Waals surface area contributed by atoms with Gasteiger partial charge in [-0.3, -0.25) is 4.98 Å². The summed E-state index contributed by atoms with van der Waals surface area (Å²) in [5.74, 6) is 1.65. The molecule has 1 heterocycles. The van der Waals surface area contributed by atoms with E-state index in [9.17, 15) is 0 Å². The van der Waals surface area contributed by atoms with Crippen molar-refractivity contribution in [3.05, 3.63) is 90.1 Å². The Labute approximate surface area is 153 Å². The average molecular weight is 340 g/mol. The van der Waals surface area contributed by atoms with Gasteiger partial charge >= 0.3 is 0 Å². The van der Waals surface area contributed by atoms with Crippen LogP contribution in [0.4, 0.5) is 11.4 Å². The predicted molar refractivity (Wildman–Crippen MR) is 107 cm³/mol. The molecule has 0 aliphatic heterocycles. The summed E-state index contributed by atoms with van der Waals surface area (Å²) in [5, 5.41) is 4.64. The number of hydrogen-bond acceptors (Lipinski definition) is 3. The minimum absolute atomic E-state index is 0.813. The van der Waals surface area contributed by atoms with Gasteiger partial charge in [-0.05, 0) is 68.4 Å². The monoisotopic (exact) mass is 340 g/mol. The van der Waals surface area contributed by atoms with E-state index in [0.717, 1.165) is 39.5 Å². The van der Waals surface area contributed by atoms with E-state index in [1.165, 1.54) is 5.56 Å². The molecule has 1 aromatic heterocycles. The maximum atomic E-state index is 5.85. The third kappa shape index (κ3) is 3.52. The molecule has 0 saturated carbocycles. The Morgan fingerprint density at radius 1 is 0.769 bits per heavy atom. The maximum absolute atomic E-state index is 5.85. The summed E-state index contributed by atoms with van der Waals surface area (Å²) in [6, 6.07) is 26.2. The molecule has 0 spiro atoms. The topological polar surface area (TPSA) is 34.2 Å². The van der Waals surface area contributed by atoms with E-state index in [1.807, 2.05) is 61.5 Å². The molecule has 3 heteroatoms. The summed E-state index contributed by atoms with van der Waals surface area (Å²) in [5.41, 5.74) is 5.29. The quantitative estimate of drug-likeness (QED) is 0.467. The lowest BCUT2D eigenvalue weighted by atomic mass is 10.1.